The molecule has 1 saturated heterocycles. The van der Waals surface area contributed by atoms with Crippen LogP contribution in [0.25, 0.3) is 0 Å². The van der Waals surface area contributed by atoms with Crippen molar-refractivity contribution in [2.24, 2.45) is 0 Å². The van der Waals surface area contributed by atoms with Crippen LogP contribution in [0.3, 0.4) is 0 Å². The van der Waals surface area contributed by atoms with Gasteiger partial charge >= 0.3 is 0 Å². The highest BCUT2D eigenvalue weighted by molar-refractivity contribution is 5.56. The Morgan fingerprint density at radius 2 is 2.38 bits per heavy atom. The van der Waals surface area contributed by atoms with Gasteiger partial charge in [0.2, 0.25) is 0 Å². The van der Waals surface area contributed by atoms with Crippen molar-refractivity contribution in [1.82, 2.24) is 0 Å². The summed E-state index contributed by atoms with van der Waals surface area (Å²) >= 11 is 0. The van der Waals surface area contributed by atoms with Crippen molar-refractivity contribution in [3.63, 3.8) is 0 Å². The molecule has 6 heteroatoms. The molecule has 118 valence electrons. The van der Waals surface area contributed by atoms with Crippen molar-refractivity contribution in [1.29, 1.82) is 0 Å². The zero-order valence-electron chi connectivity index (χ0n) is 12.2. The van der Waals surface area contributed by atoms with Crippen LogP contribution in [0.2, 0.25) is 0 Å². The maximum atomic E-state index is 13.1. The molecule has 0 spiro atoms. The molecule has 0 radical (unpaired) electrons. The molecule has 0 bridgehead atoms. The van der Waals surface area contributed by atoms with Gasteiger partial charge in [0.15, 0.2) is 0 Å². The van der Waals surface area contributed by atoms with Crippen molar-refractivity contribution < 1.29 is 23.7 Å². The van der Waals surface area contributed by atoms with E-state index in [-0.39, 0.29) is 18.5 Å². The first kappa shape index (κ1) is 16.0. The lowest BCUT2D eigenvalue weighted by molar-refractivity contribution is -0.0137. The predicted molar refractivity (Wildman–Crippen MR) is 77.2 cm³/mol. The lowest BCUT2D eigenvalue weighted by Crippen LogP contribution is -2.27. The van der Waals surface area contributed by atoms with Gasteiger partial charge in [-0.05, 0) is 25.0 Å². The number of hydrogen-bond donors (Lipinski definition) is 2. The summed E-state index contributed by atoms with van der Waals surface area (Å²) in [4.78, 5) is 0. The van der Waals surface area contributed by atoms with E-state index in [0.717, 1.165) is 19.4 Å². The highest BCUT2D eigenvalue weighted by Crippen LogP contribution is 2.24. The molecule has 1 fully saturated rings. The Kier molecular flexibility index (Phi) is 6.22. The van der Waals surface area contributed by atoms with Gasteiger partial charge in [0.1, 0.15) is 11.6 Å². The Bertz CT molecular complexity index is 438. The van der Waals surface area contributed by atoms with Crippen LogP contribution in [-0.4, -0.2) is 50.8 Å². The van der Waals surface area contributed by atoms with Crippen molar-refractivity contribution >= 4 is 5.69 Å². The van der Waals surface area contributed by atoms with Crippen LogP contribution in [0.15, 0.2) is 18.2 Å². The van der Waals surface area contributed by atoms with Gasteiger partial charge in [0, 0.05) is 19.2 Å². The van der Waals surface area contributed by atoms with Crippen molar-refractivity contribution in [3.05, 3.63) is 24.0 Å². The highest BCUT2D eigenvalue weighted by Gasteiger charge is 2.16. The average Bonchev–Trinajstić information content (AvgIpc) is 2.99. The van der Waals surface area contributed by atoms with Gasteiger partial charge in [-0.2, -0.15) is 0 Å². The fourth-order valence-corrected chi connectivity index (χ4v) is 2.21. The highest BCUT2D eigenvalue weighted by atomic mass is 19.1. The number of aliphatic hydroxyl groups excluding tert-OH is 1. The summed E-state index contributed by atoms with van der Waals surface area (Å²) in [5.41, 5.74) is 0.636. The Balaban J connectivity index is 1.69. The van der Waals surface area contributed by atoms with Gasteiger partial charge in [0.05, 0.1) is 38.2 Å². The SMILES string of the molecule is COc1cc(F)ccc1NCC(O)COCC1CCCO1. The number of nitrogens with one attached hydrogen (secondary N) is 1. The largest absolute Gasteiger partial charge is 0.494 e. The second-order valence-electron chi connectivity index (χ2n) is 5.05. The van der Waals surface area contributed by atoms with E-state index >= 15 is 0 Å². The standard InChI is InChI=1S/C15H22FNO4/c1-19-15-7-11(16)4-5-14(15)17-8-12(18)9-20-10-13-3-2-6-21-13/h4-5,7,12-13,17-18H,2-3,6,8-10H2,1H3. The van der Waals surface area contributed by atoms with Gasteiger partial charge in [0.25, 0.3) is 0 Å². The lowest BCUT2D eigenvalue weighted by Gasteiger charge is -2.16. The molecule has 21 heavy (non-hydrogen) atoms. The van der Waals surface area contributed by atoms with Gasteiger partial charge in [-0.1, -0.05) is 0 Å². The third kappa shape index (κ3) is 5.15. The van der Waals surface area contributed by atoms with Crippen LogP contribution in [0.4, 0.5) is 10.1 Å². The van der Waals surface area contributed by atoms with E-state index < -0.39 is 6.10 Å². The topological polar surface area (TPSA) is 60.0 Å². The molecule has 2 N–H and O–H groups in total. The molecule has 1 heterocycles. The van der Waals surface area contributed by atoms with Crippen LogP contribution in [0.1, 0.15) is 12.8 Å². The van der Waals surface area contributed by atoms with Gasteiger partial charge < -0.3 is 24.6 Å². The average molecular weight is 299 g/mol. The maximum Gasteiger partial charge on any atom is 0.144 e. The second-order valence-corrected chi connectivity index (χ2v) is 5.05. The van der Waals surface area contributed by atoms with E-state index in [1.54, 1.807) is 6.07 Å². The molecule has 0 amide bonds. The van der Waals surface area contributed by atoms with E-state index in [1.807, 2.05) is 0 Å². The van der Waals surface area contributed by atoms with Crippen molar-refractivity contribution in [2.45, 2.75) is 25.0 Å². The Morgan fingerprint density at radius 1 is 1.52 bits per heavy atom. The Labute approximate surface area is 124 Å². The van der Waals surface area contributed by atoms with Crippen LogP contribution >= 0.6 is 0 Å². The molecule has 0 aromatic heterocycles. The molecule has 0 saturated carbocycles. The molecule has 1 aromatic carbocycles. The minimum atomic E-state index is -0.652. The number of hydrogen-bond acceptors (Lipinski definition) is 5. The molecule has 2 rings (SSSR count). The minimum absolute atomic E-state index is 0.155. The Hall–Kier alpha value is -1.37. The van der Waals surface area contributed by atoms with Gasteiger partial charge in [-0.15, -0.1) is 0 Å². The third-order valence-electron chi connectivity index (χ3n) is 3.33. The zero-order chi connectivity index (χ0) is 15.1. The minimum Gasteiger partial charge on any atom is -0.494 e. The number of aliphatic hydroxyl groups is 1. The van der Waals surface area contributed by atoms with E-state index in [4.69, 9.17) is 14.2 Å². The molecule has 2 unspecified atom stereocenters. The molecular weight excluding hydrogens is 277 g/mol. The molecule has 5 nitrogen and oxygen atoms in total. The lowest BCUT2D eigenvalue weighted by atomic mass is 10.2. The summed E-state index contributed by atoms with van der Waals surface area (Å²) in [6, 6.07) is 4.21. The van der Waals surface area contributed by atoms with Crippen LogP contribution in [0, 0.1) is 5.82 Å². The van der Waals surface area contributed by atoms with E-state index in [0.29, 0.717) is 24.6 Å². The number of methoxy groups -OCH3 is 1. The fourth-order valence-electron chi connectivity index (χ4n) is 2.21. The Morgan fingerprint density at radius 3 is 3.10 bits per heavy atom. The normalized spacial score (nSPS) is 19.5. The smallest absolute Gasteiger partial charge is 0.144 e. The first-order valence-corrected chi connectivity index (χ1v) is 7.14. The van der Waals surface area contributed by atoms with Crippen molar-refractivity contribution in [2.75, 3.05) is 38.8 Å². The van der Waals surface area contributed by atoms with Crippen LogP contribution in [0.5, 0.6) is 5.75 Å². The number of anilines is 1. The second kappa shape index (κ2) is 8.17. The van der Waals surface area contributed by atoms with Crippen LogP contribution < -0.4 is 10.1 Å². The van der Waals surface area contributed by atoms with E-state index in [2.05, 4.69) is 5.32 Å². The molecular formula is C15H22FNO4. The van der Waals surface area contributed by atoms with Crippen LogP contribution in [-0.2, 0) is 9.47 Å². The first-order chi connectivity index (χ1) is 10.2. The van der Waals surface area contributed by atoms with Gasteiger partial charge in [-0.3, -0.25) is 0 Å². The summed E-state index contributed by atoms with van der Waals surface area (Å²) in [6.07, 6.45) is 1.59. The summed E-state index contributed by atoms with van der Waals surface area (Å²) < 4.78 is 29.0. The molecule has 1 aliphatic heterocycles. The summed E-state index contributed by atoms with van der Waals surface area (Å²) in [6.45, 7) is 1.84. The number of ether oxygens (including phenoxy) is 3. The van der Waals surface area contributed by atoms with E-state index in [9.17, 15) is 9.50 Å². The molecule has 0 aliphatic carbocycles. The number of halogens is 1. The number of rotatable bonds is 8. The first-order valence-electron chi connectivity index (χ1n) is 7.14. The predicted octanol–water partition coefficient (Wildman–Crippen LogP) is 1.80. The van der Waals surface area contributed by atoms with E-state index in [1.165, 1.54) is 19.2 Å². The molecule has 2 atom stereocenters. The summed E-state index contributed by atoms with van der Waals surface area (Å²) in [5.74, 6) is 0.0420. The molecule has 1 aromatic rings. The fraction of sp³-hybridized carbons (Fsp3) is 0.600. The van der Waals surface area contributed by atoms with Crippen molar-refractivity contribution in [3.8, 4) is 5.75 Å². The summed E-state index contributed by atoms with van der Waals surface area (Å²) in [5, 5.41) is 12.9. The third-order valence-corrected chi connectivity index (χ3v) is 3.33. The zero-order valence-corrected chi connectivity index (χ0v) is 12.2. The monoisotopic (exact) mass is 299 g/mol. The maximum absolute atomic E-state index is 13.1. The quantitative estimate of drug-likeness (QED) is 0.766. The number of benzene rings is 1. The van der Waals surface area contributed by atoms with Gasteiger partial charge in [-0.25, -0.2) is 4.39 Å². The summed E-state index contributed by atoms with van der Waals surface area (Å²) in [7, 11) is 1.47. The molecule has 1 aliphatic rings.